The van der Waals surface area contributed by atoms with Gasteiger partial charge in [0.25, 0.3) is 0 Å². The van der Waals surface area contributed by atoms with Crippen LogP contribution in [0, 0.1) is 0 Å². The Bertz CT molecular complexity index is 378. The van der Waals surface area contributed by atoms with E-state index >= 15 is 0 Å². The highest BCUT2D eigenvalue weighted by Gasteiger charge is 2.36. The molecule has 1 fully saturated rings. The van der Waals surface area contributed by atoms with E-state index in [0.717, 1.165) is 12.2 Å². The Morgan fingerprint density at radius 2 is 2.06 bits per heavy atom. The van der Waals surface area contributed by atoms with Gasteiger partial charge in [0, 0.05) is 25.0 Å². The molecule has 1 unspecified atom stereocenters. The zero-order chi connectivity index (χ0) is 13.2. The van der Waals surface area contributed by atoms with Crippen molar-refractivity contribution in [2.24, 2.45) is 7.05 Å². The van der Waals surface area contributed by atoms with Crippen molar-refractivity contribution in [2.75, 3.05) is 20.1 Å². The highest BCUT2D eigenvalue weighted by molar-refractivity contribution is 5.00. The van der Waals surface area contributed by atoms with Crippen molar-refractivity contribution in [3.8, 4) is 0 Å². The molecule has 102 valence electrons. The molecule has 5 heteroatoms. The molecule has 1 aliphatic heterocycles. The molecule has 0 saturated carbocycles. The summed E-state index contributed by atoms with van der Waals surface area (Å²) in [4.78, 5) is 6.92. The highest BCUT2D eigenvalue weighted by atomic mass is 15.3. The molecule has 0 aromatic carbocycles. The highest BCUT2D eigenvalue weighted by Crippen LogP contribution is 2.25. The average molecular weight is 251 g/mol. The van der Waals surface area contributed by atoms with Gasteiger partial charge in [-0.05, 0) is 46.8 Å². The Hall–Kier alpha value is -0.940. The number of rotatable bonds is 5. The first kappa shape index (κ1) is 13.5. The van der Waals surface area contributed by atoms with Gasteiger partial charge in [0.15, 0.2) is 0 Å². The molecule has 0 radical (unpaired) electrons. The van der Waals surface area contributed by atoms with Crippen molar-refractivity contribution >= 4 is 0 Å². The van der Waals surface area contributed by atoms with Gasteiger partial charge >= 0.3 is 0 Å². The number of hydrogen-bond acceptors (Lipinski definition) is 4. The van der Waals surface area contributed by atoms with Crippen LogP contribution >= 0.6 is 0 Å². The summed E-state index contributed by atoms with van der Waals surface area (Å²) in [5.74, 6) is 1.04. The molecule has 1 saturated heterocycles. The van der Waals surface area contributed by atoms with E-state index in [9.17, 15) is 0 Å². The molecule has 1 aromatic rings. The molecular formula is C13H25N5. The smallest absolute Gasteiger partial charge is 0.138 e. The van der Waals surface area contributed by atoms with Crippen molar-refractivity contribution in [1.82, 2.24) is 25.0 Å². The third-order valence-corrected chi connectivity index (χ3v) is 4.31. The molecule has 2 rings (SSSR count). The van der Waals surface area contributed by atoms with Gasteiger partial charge in [-0.3, -0.25) is 9.58 Å². The third-order valence-electron chi connectivity index (χ3n) is 4.31. The van der Waals surface area contributed by atoms with Crippen molar-refractivity contribution in [2.45, 2.75) is 44.7 Å². The molecule has 1 N–H and O–H groups in total. The number of nitrogens with zero attached hydrogens (tertiary/aromatic N) is 4. The largest absolute Gasteiger partial charge is 0.315 e. The Morgan fingerprint density at radius 1 is 1.39 bits per heavy atom. The van der Waals surface area contributed by atoms with Crippen LogP contribution in [0.15, 0.2) is 6.33 Å². The summed E-state index contributed by atoms with van der Waals surface area (Å²) >= 11 is 0. The van der Waals surface area contributed by atoms with Crippen LogP contribution in [-0.2, 0) is 13.5 Å². The van der Waals surface area contributed by atoms with Crippen LogP contribution in [0.25, 0.3) is 0 Å². The molecule has 18 heavy (non-hydrogen) atoms. The van der Waals surface area contributed by atoms with Gasteiger partial charge in [0.05, 0.1) is 0 Å². The van der Waals surface area contributed by atoms with E-state index in [2.05, 4.69) is 34.1 Å². The first-order valence-electron chi connectivity index (χ1n) is 6.81. The van der Waals surface area contributed by atoms with Crippen LogP contribution in [0.5, 0.6) is 0 Å². The minimum absolute atomic E-state index is 0.150. The maximum Gasteiger partial charge on any atom is 0.138 e. The van der Waals surface area contributed by atoms with E-state index < -0.39 is 0 Å². The zero-order valence-electron chi connectivity index (χ0n) is 12.0. The predicted molar refractivity (Wildman–Crippen MR) is 72.4 cm³/mol. The molecular weight excluding hydrogens is 226 g/mol. The van der Waals surface area contributed by atoms with E-state index in [1.54, 1.807) is 6.33 Å². The minimum Gasteiger partial charge on any atom is -0.315 e. The van der Waals surface area contributed by atoms with Gasteiger partial charge in [0.2, 0.25) is 0 Å². The number of likely N-dealkylation sites (tertiary alicyclic amines) is 1. The molecule has 0 bridgehead atoms. The van der Waals surface area contributed by atoms with Crippen molar-refractivity contribution < 1.29 is 0 Å². The van der Waals surface area contributed by atoms with Gasteiger partial charge in [-0.2, -0.15) is 5.10 Å². The molecule has 1 aromatic heterocycles. The second kappa shape index (κ2) is 5.36. The molecule has 0 spiro atoms. The van der Waals surface area contributed by atoms with Crippen LogP contribution in [0.4, 0.5) is 0 Å². The zero-order valence-corrected chi connectivity index (χ0v) is 12.0. The van der Waals surface area contributed by atoms with E-state index in [1.165, 1.54) is 25.9 Å². The summed E-state index contributed by atoms with van der Waals surface area (Å²) in [6, 6.07) is 0.388. The maximum atomic E-state index is 4.34. The van der Waals surface area contributed by atoms with Gasteiger partial charge < -0.3 is 5.32 Å². The summed E-state index contributed by atoms with van der Waals surface area (Å²) in [5.41, 5.74) is 0.150. The normalized spacial score (nSPS) is 19.3. The number of nitrogens with one attached hydrogen (secondary N) is 1. The fraction of sp³-hybridized carbons (Fsp3) is 0.846. The summed E-state index contributed by atoms with van der Waals surface area (Å²) in [6.45, 7) is 7.08. The van der Waals surface area contributed by atoms with Crippen LogP contribution in [0.1, 0.15) is 32.5 Å². The molecule has 0 aliphatic carbocycles. The lowest BCUT2D eigenvalue weighted by atomic mass is 9.90. The van der Waals surface area contributed by atoms with E-state index in [4.69, 9.17) is 0 Å². The minimum atomic E-state index is 0.150. The molecule has 0 amide bonds. The topological polar surface area (TPSA) is 46.0 Å². The van der Waals surface area contributed by atoms with Crippen LogP contribution in [0.3, 0.4) is 0 Å². The van der Waals surface area contributed by atoms with Crippen molar-refractivity contribution in [3.05, 3.63) is 12.2 Å². The SMILES string of the molecule is CNC(Cc1ncnn1C)C(C)(C)N1CCCC1. The fourth-order valence-corrected chi connectivity index (χ4v) is 2.91. The monoisotopic (exact) mass is 251 g/mol. The van der Waals surface area contributed by atoms with Crippen LogP contribution in [0.2, 0.25) is 0 Å². The van der Waals surface area contributed by atoms with Crippen molar-refractivity contribution in [3.63, 3.8) is 0 Å². The fourth-order valence-electron chi connectivity index (χ4n) is 2.91. The van der Waals surface area contributed by atoms with Gasteiger partial charge in [-0.1, -0.05) is 0 Å². The third kappa shape index (κ3) is 2.57. The Balaban J connectivity index is 2.09. The first-order valence-corrected chi connectivity index (χ1v) is 6.81. The Morgan fingerprint density at radius 3 is 2.56 bits per heavy atom. The molecule has 2 heterocycles. The van der Waals surface area contributed by atoms with E-state index in [-0.39, 0.29) is 5.54 Å². The number of hydrogen-bond donors (Lipinski definition) is 1. The van der Waals surface area contributed by atoms with Gasteiger partial charge in [-0.25, -0.2) is 4.98 Å². The molecule has 5 nitrogen and oxygen atoms in total. The quantitative estimate of drug-likeness (QED) is 0.841. The Labute approximate surface area is 110 Å². The van der Waals surface area contributed by atoms with Gasteiger partial charge in [0.1, 0.15) is 12.2 Å². The number of likely N-dealkylation sites (N-methyl/N-ethyl adjacent to an activating group) is 1. The van der Waals surface area contributed by atoms with E-state index in [1.807, 2.05) is 18.8 Å². The van der Waals surface area contributed by atoms with E-state index in [0.29, 0.717) is 6.04 Å². The summed E-state index contributed by atoms with van der Waals surface area (Å²) in [5, 5.41) is 7.61. The lowest BCUT2D eigenvalue weighted by molar-refractivity contribution is 0.109. The lowest BCUT2D eigenvalue weighted by Crippen LogP contribution is -2.57. The number of aryl methyl sites for hydroxylation is 1. The Kier molecular flexibility index (Phi) is 4.02. The van der Waals surface area contributed by atoms with Crippen molar-refractivity contribution in [1.29, 1.82) is 0 Å². The lowest BCUT2D eigenvalue weighted by Gasteiger charge is -2.42. The molecule has 1 atom stereocenters. The maximum absolute atomic E-state index is 4.34. The standard InChI is InChI=1S/C13H25N5/c1-13(2,18-7-5-6-8-18)11(14-3)9-12-15-10-16-17(12)4/h10-11,14H,5-9H2,1-4H3. The average Bonchev–Trinajstić information content (AvgIpc) is 2.97. The number of aromatic nitrogens is 3. The second-order valence-corrected chi connectivity index (χ2v) is 5.69. The summed E-state index contributed by atoms with van der Waals surface area (Å²) in [6.07, 6.45) is 5.19. The second-order valence-electron chi connectivity index (χ2n) is 5.69. The summed E-state index contributed by atoms with van der Waals surface area (Å²) < 4.78 is 1.87. The van der Waals surface area contributed by atoms with Crippen LogP contribution < -0.4 is 5.32 Å². The van der Waals surface area contributed by atoms with Crippen LogP contribution in [-0.4, -0.2) is 51.4 Å². The first-order chi connectivity index (χ1) is 8.55. The van der Waals surface area contributed by atoms with Gasteiger partial charge in [-0.15, -0.1) is 0 Å². The molecule has 1 aliphatic rings. The predicted octanol–water partition coefficient (Wildman–Crippen LogP) is 0.820. The summed E-state index contributed by atoms with van der Waals surface area (Å²) in [7, 11) is 4.00.